The summed E-state index contributed by atoms with van der Waals surface area (Å²) in [5.41, 5.74) is 3.90. The Labute approximate surface area is 139 Å². The molecule has 0 unspecified atom stereocenters. The summed E-state index contributed by atoms with van der Waals surface area (Å²) in [5, 5.41) is 6.66. The number of nitrogens with zero attached hydrogens (tertiary/aromatic N) is 2. The maximum absolute atomic E-state index is 12.0. The van der Waals surface area contributed by atoms with Gasteiger partial charge in [-0.1, -0.05) is 6.07 Å². The molecule has 7 nitrogen and oxygen atoms in total. The predicted molar refractivity (Wildman–Crippen MR) is 91.1 cm³/mol. The molecule has 0 aliphatic heterocycles. The largest absolute Gasteiger partial charge is 0.497 e. The van der Waals surface area contributed by atoms with Crippen molar-refractivity contribution in [2.75, 3.05) is 12.4 Å². The van der Waals surface area contributed by atoms with Crippen LogP contribution in [0.4, 0.5) is 5.69 Å². The van der Waals surface area contributed by atoms with Crippen LogP contribution in [-0.4, -0.2) is 29.6 Å². The summed E-state index contributed by atoms with van der Waals surface area (Å²) in [6, 6.07) is 10.3. The molecule has 0 fully saturated rings. The van der Waals surface area contributed by atoms with Crippen molar-refractivity contribution in [3.8, 4) is 5.75 Å². The Morgan fingerprint density at radius 2 is 2.08 bits per heavy atom. The van der Waals surface area contributed by atoms with E-state index in [1.807, 2.05) is 0 Å². The Morgan fingerprint density at radius 1 is 1.25 bits per heavy atom. The van der Waals surface area contributed by atoms with E-state index in [1.165, 1.54) is 6.20 Å². The van der Waals surface area contributed by atoms with Crippen LogP contribution in [0.3, 0.4) is 0 Å². The van der Waals surface area contributed by atoms with Gasteiger partial charge < -0.3 is 10.1 Å². The highest BCUT2D eigenvalue weighted by atomic mass is 16.5. The monoisotopic (exact) mass is 326 g/mol. The van der Waals surface area contributed by atoms with Crippen molar-refractivity contribution in [3.63, 3.8) is 0 Å². The van der Waals surface area contributed by atoms with Crippen LogP contribution in [0, 0.1) is 0 Å². The number of pyridine rings is 1. The molecule has 24 heavy (non-hydrogen) atoms. The number of methoxy groups -OCH3 is 1. The number of aromatic nitrogens is 1. The fourth-order valence-corrected chi connectivity index (χ4v) is 1.89. The molecule has 124 valence electrons. The first-order valence-electron chi connectivity index (χ1n) is 7.26. The van der Waals surface area contributed by atoms with Gasteiger partial charge in [0.2, 0.25) is 5.91 Å². The van der Waals surface area contributed by atoms with Crippen LogP contribution < -0.4 is 15.5 Å². The third-order valence-corrected chi connectivity index (χ3v) is 3.04. The molecule has 2 amide bonds. The molecular formula is C17H18N4O3. The molecule has 0 saturated carbocycles. The van der Waals surface area contributed by atoms with E-state index >= 15 is 0 Å². The van der Waals surface area contributed by atoms with Crippen LogP contribution in [0.15, 0.2) is 53.9 Å². The lowest BCUT2D eigenvalue weighted by Crippen LogP contribution is -2.21. The highest BCUT2D eigenvalue weighted by Gasteiger charge is 2.07. The van der Waals surface area contributed by atoms with E-state index in [4.69, 9.17) is 4.74 Å². The molecule has 0 bridgehead atoms. The minimum Gasteiger partial charge on any atom is -0.497 e. The van der Waals surface area contributed by atoms with Crippen LogP contribution >= 0.6 is 0 Å². The molecule has 7 heteroatoms. The van der Waals surface area contributed by atoms with Crippen molar-refractivity contribution in [2.24, 2.45) is 5.10 Å². The quantitative estimate of drug-likeness (QED) is 0.629. The molecule has 2 N–H and O–H groups in total. The first-order chi connectivity index (χ1) is 11.6. The number of hydrogen-bond acceptors (Lipinski definition) is 5. The van der Waals surface area contributed by atoms with Crippen molar-refractivity contribution in [2.45, 2.75) is 13.3 Å². The zero-order valence-corrected chi connectivity index (χ0v) is 13.4. The van der Waals surface area contributed by atoms with Gasteiger partial charge in [0.05, 0.1) is 19.1 Å². The highest BCUT2D eigenvalue weighted by molar-refractivity contribution is 6.06. The number of nitrogens with one attached hydrogen (secondary N) is 2. The molecule has 0 atom stereocenters. The molecular weight excluding hydrogens is 308 g/mol. The smallest absolute Gasteiger partial charge is 0.272 e. The molecule has 0 aliphatic rings. The van der Waals surface area contributed by atoms with Gasteiger partial charge in [0.25, 0.3) is 5.91 Å². The van der Waals surface area contributed by atoms with Crippen molar-refractivity contribution in [3.05, 3.63) is 54.4 Å². The van der Waals surface area contributed by atoms with E-state index in [2.05, 4.69) is 20.8 Å². The summed E-state index contributed by atoms with van der Waals surface area (Å²) in [6.45, 7) is 1.66. The second-order valence-corrected chi connectivity index (χ2v) is 4.99. The van der Waals surface area contributed by atoms with Gasteiger partial charge in [-0.15, -0.1) is 0 Å². The van der Waals surface area contributed by atoms with Crippen LogP contribution in [0.1, 0.15) is 23.7 Å². The predicted octanol–water partition coefficient (Wildman–Crippen LogP) is 2.22. The average molecular weight is 326 g/mol. The average Bonchev–Trinajstić information content (AvgIpc) is 2.60. The van der Waals surface area contributed by atoms with Crippen LogP contribution in [-0.2, 0) is 4.79 Å². The fraction of sp³-hybridized carbons (Fsp3) is 0.176. The number of anilines is 1. The van der Waals surface area contributed by atoms with E-state index in [9.17, 15) is 9.59 Å². The lowest BCUT2D eigenvalue weighted by atomic mass is 10.2. The van der Waals surface area contributed by atoms with Gasteiger partial charge in [0, 0.05) is 29.9 Å². The molecule has 0 spiro atoms. The second-order valence-electron chi connectivity index (χ2n) is 4.99. The van der Waals surface area contributed by atoms with E-state index < -0.39 is 0 Å². The number of rotatable bonds is 6. The van der Waals surface area contributed by atoms with Gasteiger partial charge in [-0.25, -0.2) is 5.43 Å². The van der Waals surface area contributed by atoms with Gasteiger partial charge in [0.15, 0.2) is 0 Å². The van der Waals surface area contributed by atoms with E-state index in [0.717, 1.165) is 0 Å². The molecule has 2 rings (SSSR count). The lowest BCUT2D eigenvalue weighted by molar-refractivity contribution is -0.115. The van der Waals surface area contributed by atoms with Crippen LogP contribution in [0.2, 0.25) is 0 Å². The minimum absolute atomic E-state index is 0.0600. The number of hydrazone groups is 1. The summed E-state index contributed by atoms with van der Waals surface area (Å²) >= 11 is 0. The maximum Gasteiger partial charge on any atom is 0.272 e. The first kappa shape index (κ1) is 17.1. The Bertz CT molecular complexity index is 745. The van der Waals surface area contributed by atoms with Crippen LogP contribution in [0.5, 0.6) is 5.75 Å². The number of hydrogen-bond donors (Lipinski definition) is 2. The second kappa shape index (κ2) is 8.42. The van der Waals surface area contributed by atoms with Crippen molar-refractivity contribution < 1.29 is 14.3 Å². The normalized spacial score (nSPS) is 10.8. The fourth-order valence-electron chi connectivity index (χ4n) is 1.89. The Morgan fingerprint density at radius 3 is 2.79 bits per heavy atom. The van der Waals surface area contributed by atoms with E-state index in [-0.39, 0.29) is 18.2 Å². The number of amides is 2. The molecule has 2 aromatic rings. The summed E-state index contributed by atoms with van der Waals surface area (Å²) < 4.78 is 5.10. The van der Waals surface area contributed by atoms with Gasteiger partial charge >= 0.3 is 0 Å². The Hall–Kier alpha value is -3.22. The highest BCUT2D eigenvalue weighted by Crippen LogP contribution is 2.16. The first-order valence-corrected chi connectivity index (χ1v) is 7.26. The summed E-state index contributed by atoms with van der Waals surface area (Å²) in [5.74, 6) is 0.0395. The molecule has 1 aromatic carbocycles. The molecule has 0 aliphatic carbocycles. The minimum atomic E-state index is -0.379. The molecule has 1 heterocycles. The third-order valence-electron chi connectivity index (χ3n) is 3.04. The standard InChI is InChI=1S/C17H18N4O3/c1-12(20-21-17(23)13-5-4-8-18-11-13)9-16(22)19-14-6-3-7-15(10-14)24-2/h3-8,10-11H,9H2,1-2H3,(H,19,22)(H,21,23)/b20-12+. The van der Waals surface area contributed by atoms with Crippen molar-refractivity contribution in [1.29, 1.82) is 0 Å². The zero-order valence-electron chi connectivity index (χ0n) is 13.4. The number of carbonyl (C=O) groups is 2. The summed E-state index contributed by atoms with van der Waals surface area (Å²) in [6.07, 6.45) is 3.08. The summed E-state index contributed by atoms with van der Waals surface area (Å²) in [4.78, 5) is 27.7. The Balaban J connectivity index is 1.87. The topological polar surface area (TPSA) is 92.7 Å². The molecule has 0 radical (unpaired) electrons. The zero-order chi connectivity index (χ0) is 17.4. The van der Waals surface area contributed by atoms with Gasteiger partial charge in [0.1, 0.15) is 5.75 Å². The van der Waals surface area contributed by atoms with Crippen molar-refractivity contribution >= 4 is 23.2 Å². The summed E-state index contributed by atoms with van der Waals surface area (Å²) in [7, 11) is 1.56. The van der Waals surface area contributed by atoms with E-state index in [0.29, 0.717) is 22.7 Å². The number of benzene rings is 1. The van der Waals surface area contributed by atoms with Crippen molar-refractivity contribution in [1.82, 2.24) is 10.4 Å². The van der Waals surface area contributed by atoms with Crippen LogP contribution in [0.25, 0.3) is 0 Å². The molecule has 1 aromatic heterocycles. The van der Waals surface area contributed by atoms with Gasteiger partial charge in [-0.3, -0.25) is 14.6 Å². The Kier molecular flexibility index (Phi) is 6.01. The van der Waals surface area contributed by atoms with E-state index in [1.54, 1.807) is 56.6 Å². The SMILES string of the molecule is COc1cccc(NC(=O)C/C(C)=N/NC(=O)c2cccnc2)c1. The van der Waals surface area contributed by atoms with Gasteiger partial charge in [-0.05, 0) is 31.2 Å². The third kappa shape index (κ3) is 5.20. The number of carbonyl (C=O) groups excluding carboxylic acids is 2. The number of ether oxygens (including phenoxy) is 1. The molecule has 0 saturated heterocycles. The maximum atomic E-state index is 12.0. The lowest BCUT2D eigenvalue weighted by Gasteiger charge is -2.07. The van der Waals surface area contributed by atoms with Gasteiger partial charge in [-0.2, -0.15) is 5.10 Å².